The third kappa shape index (κ3) is 5.30. The number of ether oxygens (including phenoxy) is 2. The Bertz CT molecular complexity index is 570. The molecule has 110 valence electrons. The smallest absolute Gasteiger partial charge is 0.129 e. The molecule has 0 unspecified atom stereocenters. The maximum Gasteiger partial charge on any atom is 0.129 e. The van der Waals surface area contributed by atoms with Gasteiger partial charge in [0, 0.05) is 6.42 Å². The molecule has 2 aromatic rings. The van der Waals surface area contributed by atoms with Gasteiger partial charge >= 0.3 is 0 Å². The van der Waals surface area contributed by atoms with Crippen LogP contribution in [-0.4, -0.2) is 12.4 Å². The Balaban J connectivity index is 1.84. The predicted octanol–water partition coefficient (Wildman–Crippen LogP) is 4.54. The lowest BCUT2D eigenvalue weighted by Crippen LogP contribution is -2.00. The van der Waals surface area contributed by atoms with Crippen LogP contribution in [0.1, 0.15) is 25.3 Å². The Hall–Kier alpha value is -2.29. The second-order valence-electron chi connectivity index (χ2n) is 5.04. The summed E-state index contributed by atoms with van der Waals surface area (Å²) >= 11 is 0. The van der Waals surface area contributed by atoms with Gasteiger partial charge in [0.2, 0.25) is 0 Å². The van der Waals surface area contributed by atoms with Crippen molar-refractivity contribution in [2.45, 2.75) is 26.7 Å². The molecule has 0 aromatic heterocycles. The van der Waals surface area contributed by atoms with E-state index in [0.29, 0.717) is 13.0 Å². The molecule has 0 radical (unpaired) electrons. The maximum absolute atomic E-state index is 10.8. The fraction of sp³-hybridized carbons (Fsp3) is 0.278. The van der Waals surface area contributed by atoms with E-state index in [1.165, 1.54) is 5.56 Å². The van der Waals surface area contributed by atoms with Crippen molar-refractivity contribution in [3.63, 3.8) is 0 Å². The molecular weight excluding hydrogens is 264 g/mol. The van der Waals surface area contributed by atoms with Gasteiger partial charge in [0.05, 0.1) is 6.61 Å². The van der Waals surface area contributed by atoms with Crippen molar-refractivity contribution in [1.82, 2.24) is 0 Å². The SMILES string of the molecule is CC(=O)CCCOc1ccc(Oc2ccc(C)cc2)cc1. The number of rotatable bonds is 7. The van der Waals surface area contributed by atoms with Crippen molar-refractivity contribution in [3.8, 4) is 17.2 Å². The first kappa shape index (κ1) is 15.1. The lowest BCUT2D eigenvalue weighted by Gasteiger charge is -2.08. The third-order valence-corrected chi connectivity index (χ3v) is 3.02. The second kappa shape index (κ2) is 7.48. The van der Waals surface area contributed by atoms with E-state index in [4.69, 9.17) is 9.47 Å². The molecule has 0 saturated carbocycles. The minimum atomic E-state index is 0.195. The van der Waals surface area contributed by atoms with Gasteiger partial charge in [0.25, 0.3) is 0 Å². The highest BCUT2D eigenvalue weighted by atomic mass is 16.5. The minimum Gasteiger partial charge on any atom is -0.494 e. The molecule has 0 heterocycles. The zero-order chi connectivity index (χ0) is 15.1. The van der Waals surface area contributed by atoms with E-state index in [9.17, 15) is 4.79 Å². The van der Waals surface area contributed by atoms with E-state index < -0.39 is 0 Å². The molecule has 0 bridgehead atoms. The monoisotopic (exact) mass is 284 g/mol. The first-order valence-electron chi connectivity index (χ1n) is 7.10. The van der Waals surface area contributed by atoms with E-state index >= 15 is 0 Å². The molecule has 0 aliphatic rings. The van der Waals surface area contributed by atoms with Gasteiger partial charge in [0.15, 0.2) is 0 Å². The van der Waals surface area contributed by atoms with Crippen molar-refractivity contribution in [2.24, 2.45) is 0 Å². The minimum absolute atomic E-state index is 0.195. The normalized spacial score (nSPS) is 10.2. The average molecular weight is 284 g/mol. The van der Waals surface area contributed by atoms with Crippen LogP contribution in [0.2, 0.25) is 0 Å². The molecule has 3 nitrogen and oxygen atoms in total. The lowest BCUT2D eigenvalue weighted by atomic mass is 10.2. The summed E-state index contributed by atoms with van der Waals surface area (Å²) in [7, 11) is 0. The number of aryl methyl sites for hydroxylation is 1. The fourth-order valence-corrected chi connectivity index (χ4v) is 1.86. The molecule has 21 heavy (non-hydrogen) atoms. The average Bonchev–Trinajstić information content (AvgIpc) is 2.47. The van der Waals surface area contributed by atoms with E-state index in [2.05, 4.69) is 0 Å². The Morgan fingerprint density at radius 3 is 2.00 bits per heavy atom. The predicted molar refractivity (Wildman–Crippen MR) is 83.1 cm³/mol. The van der Waals surface area contributed by atoms with Gasteiger partial charge < -0.3 is 14.3 Å². The second-order valence-corrected chi connectivity index (χ2v) is 5.04. The molecule has 0 saturated heterocycles. The Morgan fingerprint density at radius 1 is 0.905 bits per heavy atom. The van der Waals surface area contributed by atoms with E-state index in [1.807, 2.05) is 55.5 Å². The molecule has 3 heteroatoms. The van der Waals surface area contributed by atoms with Crippen LogP contribution in [0.15, 0.2) is 48.5 Å². The van der Waals surface area contributed by atoms with Gasteiger partial charge in [-0.05, 0) is 56.7 Å². The molecule has 0 spiro atoms. The number of hydrogen-bond donors (Lipinski definition) is 0. The number of carbonyl (C=O) groups excluding carboxylic acids is 1. The van der Waals surface area contributed by atoms with Crippen molar-refractivity contribution in [1.29, 1.82) is 0 Å². The fourth-order valence-electron chi connectivity index (χ4n) is 1.86. The van der Waals surface area contributed by atoms with Crippen LogP contribution in [-0.2, 0) is 4.79 Å². The first-order chi connectivity index (χ1) is 10.1. The Kier molecular flexibility index (Phi) is 5.38. The molecule has 0 amide bonds. The van der Waals surface area contributed by atoms with E-state index in [-0.39, 0.29) is 5.78 Å². The topological polar surface area (TPSA) is 35.5 Å². The van der Waals surface area contributed by atoms with Gasteiger partial charge in [-0.15, -0.1) is 0 Å². The molecule has 2 rings (SSSR count). The van der Waals surface area contributed by atoms with Crippen LogP contribution in [0.25, 0.3) is 0 Å². The number of Topliss-reactive ketones (excluding diaryl/α,β-unsaturated/α-hetero) is 1. The van der Waals surface area contributed by atoms with Crippen LogP contribution < -0.4 is 9.47 Å². The largest absolute Gasteiger partial charge is 0.494 e. The molecule has 0 atom stereocenters. The summed E-state index contributed by atoms with van der Waals surface area (Å²) in [6.45, 7) is 4.19. The summed E-state index contributed by atoms with van der Waals surface area (Å²) in [4.78, 5) is 10.8. The van der Waals surface area contributed by atoms with Gasteiger partial charge in [-0.2, -0.15) is 0 Å². The highest BCUT2D eigenvalue weighted by molar-refractivity contribution is 5.75. The summed E-state index contributed by atoms with van der Waals surface area (Å²) < 4.78 is 11.3. The summed E-state index contributed by atoms with van der Waals surface area (Å²) in [5.74, 6) is 2.57. The molecule has 0 aliphatic carbocycles. The number of hydrogen-bond acceptors (Lipinski definition) is 3. The third-order valence-electron chi connectivity index (χ3n) is 3.02. The molecule has 2 aromatic carbocycles. The van der Waals surface area contributed by atoms with Gasteiger partial charge in [-0.1, -0.05) is 17.7 Å². The maximum atomic E-state index is 10.8. The Labute approximate surface area is 125 Å². The number of benzene rings is 2. The molecule has 0 aliphatic heterocycles. The highest BCUT2D eigenvalue weighted by Gasteiger charge is 1.99. The van der Waals surface area contributed by atoms with Gasteiger partial charge in [0.1, 0.15) is 23.0 Å². The number of ketones is 1. The zero-order valence-corrected chi connectivity index (χ0v) is 12.5. The van der Waals surface area contributed by atoms with Crippen LogP contribution >= 0.6 is 0 Å². The first-order valence-corrected chi connectivity index (χ1v) is 7.10. The summed E-state index contributed by atoms with van der Waals surface area (Å²) in [6, 6.07) is 15.4. The molecular formula is C18H20O3. The molecule has 0 N–H and O–H groups in total. The summed E-state index contributed by atoms with van der Waals surface area (Å²) in [5.41, 5.74) is 1.21. The van der Waals surface area contributed by atoms with Crippen molar-refractivity contribution in [3.05, 3.63) is 54.1 Å². The quantitative estimate of drug-likeness (QED) is 0.700. The van der Waals surface area contributed by atoms with Crippen LogP contribution in [0.3, 0.4) is 0 Å². The lowest BCUT2D eigenvalue weighted by molar-refractivity contribution is -0.117. The highest BCUT2D eigenvalue weighted by Crippen LogP contribution is 2.24. The van der Waals surface area contributed by atoms with Crippen LogP contribution in [0.5, 0.6) is 17.2 Å². The summed E-state index contributed by atoms with van der Waals surface area (Å²) in [5, 5.41) is 0. The summed E-state index contributed by atoms with van der Waals surface area (Å²) in [6.07, 6.45) is 1.31. The standard InChI is InChI=1S/C18H20O3/c1-14-5-7-17(8-6-14)21-18-11-9-16(10-12-18)20-13-3-4-15(2)19/h5-12H,3-4,13H2,1-2H3. The van der Waals surface area contributed by atoms with Crippen molar-refractivity contribution >= 4 is 5.78 Å². The van der Waals surface area contributed by atoms with Crippen molar-refractivity contribution < 1.29 is 14.3 Å². The zero-order valence-electron chi connectivity index (χ0n) is 12.5. The van der Waals surface area contributed by atoms with Crippen molar-refractivity contribution in [2.75, 3.05) is 6.61 Å². The molecule has 0 fully saturated rings. The van der Waals surface area contributed by atoms with E-state index in [1.54, 1.807) is 6.92 Å². The number of carbonyl (C=O) groups is 1. The van der Waals surface area contributed by atoms with Gasteiger partial charge in [-0.3, -0.25) is 0 Å². The van der Waals surface area contributed by atoms with E-state index in [0.717, 1.165) is 23.7 Å². The van der Waals surface area contributed by atoms with Crippen LogP contribution in [0, 0.1) is 6.92 Å². The van der Waals surface area contributed by atoms with Crippen LogP contribution in [0.4, 0.5) is 0 Å². The van der Waals surface area contributed by atoms with Gasteiger partial charge in [-0.25, -0.2) is 0 Å². The Morgan fingerprint density at radius 2 is 1.43 bits per heavy atom.